The fraction of sp³-hybridized carbons (Fsp3) is 0.312. The van der Waals surface area contributed by atoms with Crippen LogP contribution < -0.4 is 4.74 Å². The lowest BCUT2D eigenvalue weighted by atomic mass is 9.85. The number of methoxy groups -OCH3 is 1. The molecule has 5 nitrogen and oxygen atoms in total. The third-order valence-electron chi connectivity index (χ3n) is 6.64. The summed E-state index contributed by atoms with van der Waals surface area (Å²) in [4.78, 5) is 18.1. The summed E-state index contributed by atoms with van der Waals surface area (Å²) in [6.07, 6.45) is 1.77. The SMILES string of the molecule is CC#Cc1ccc2c(-c3ccc4c5c(ccnc35)CCO4)c([C@H](OC(C)(C)C)C(=O)OC)c(C)cc2c1. The Hall–Kier alpha value is -3.88. The van der Waals surface area contributed by atoms with Crippen molar-refractivity contribution in [3.8, 4) is 28.7 Å². The first-order chi connectivity index (χ1) is 17.7. The predicted octanol–water partition coefficient (Wildman–Crippen LogP) is 6.70. The number of benzene rings is 3. The van der Waals surface area contributed by atoms with Gasteiger partial charge in [0.15, 0.2) is 6.10 Å². The smallest absolute Gasteiger partial charge is 0.339 e. The fourth-order valence-corrected chi connectivity index (χ4v) is 5.20. The predicted molar refractivity (Wildman–Crippen MR) is 147 cm³/mol. The maximum atomic E-state index is 13.2. The molecule has 5 heteroatoms. The van der Waals surface area contributed by atoms with Crippen molar-refractivity contribution in [2.24, 2.45) is 0 Å². The topological polar surface area (TPSA) is 57.7 Å². The van der Waals surface area contributed by atoms with Crippen LogP contribution in [0, 0.1) is 18.8 Å². The molecule has 37 heavy (non-hydrogen) atoms. The van der Waals surface area contributed by atoms with Gasteiger partial charge in [0, 0.05) is 34.7 Å². The molecule has 0 saturated heterocycles. The molecule has 0 bridgehead atoms. The van der Waals surface area contributed by atoms with Crippen molar-refractivity contribution < 1.29 is 19.0 Å². The highest BCUT2D eigenvalue weighted by atomic mass is 16.6. The van der Waals surface area contributed by atoms with Crippen molar-refractivity contribution in [1.82, 2.24) is 4.98 Å². The molecule has 0 radical (unpaired) electrons. The van der Waals surface area contributed by atoms with Gasteiger partial charge >= 0.3 is 5.97 Å². The number of rotatable bonds is 4. The van der Waals surface area contributed by atoms with Gasteiger partial charge in [-0.15, -0.1) is 5.92 Å². The van der Waals surface area contributed by atoms with Crippen LogP contribution in [0.1, 0.15) is 56.1 Å². The van der Waals surface area contributed by atoms with E-state index in [0.29, 0.717) is 6.61 Å². The van der Waals surface area contributed by atoms with Crippen LogP contribution in [-0.4, -0.2) is 30.3 Å². The van der Waals surface area contributed by atoms with E-state index in [1.165, 1.54) is 12.7 Å². The summed E-state index contributed by atoms with van der Waals surface area (Å²) in [7, 11) is 1.40. The number of hydrogen-bond donors (Lipinski definition) is 0. The van der Waals surface area contributed by atoms with Crippen LogP contribution in [-0.2, 0) is 20.7 Å². The van der Waals surface area contributed by atoms with E-state index >= 15 is 0 Å². The zero-order valence-corrected chi connectivity index (χ0v) is 22.2. The summed E-state index contributed by atoms with van der Waals surface area (Å²) >= 11 is 0. The molecule has 1 aromatic heterocycles. The minimum absolute atomic E-state index is 0.439. The average molecular weight is 494 g/mol. The Morgan fingerprint density at radius 2 is 1.95 bits per heavy atom. The Balaban J connectivity index is 1.91. The molecule has 0 N–H and O–H groups in total. The van der Waals surface area contributed by atoms with E-state index in [1.54, 1.807) is 0 Å². The number of pyridine rings is 1. The Kier molecular flexibility index (Phi) is 6.39. The van der Waals surface area contributed by atoms with Crippen LogP contribution in [0.4, 0.5) is 0 Å². The average Bonchev–Trinajstić information content (AvgIpc) is 2.86. The number of ether oxygens (including phenoxy) is 3. The van der Waals surface area contributed by atoms with Gasteiger partial charge in [-0.2, -0.15) is 0 Å². The number of hydrogen-bond acceptors (Lipinski definition) is 5. The molecule has 0 spiro atoms. The summed E-state index contributed by atoms with van der Waals surface area (Å²) in [6.45, 7) is 10.3. The molecule has 0 amide bonds. The first-order valence-electron chi connectivity index (χ1n) is 12.5. The second-order valence-corrected chi connectivity index (χ2v) is 10.3. The largest absolute Gasteiger partial charge is 0.493 e. The Morgan fingerprint density at radius 1 is 1.14 bits per heavy atom. The number of esters is 1. The van der Waals surface area contributed by atoms with E-state index in [4.69, 9.17) is 19.2 Å². The van der Waals surface area contributed by atoms with Gasteiger partial charge in [0.05, 0.1) is 24.8 Å². The standard InChI is InChI=1S/C32H31NO4/c1-7-8-20-9-10-23-22(18-20)17-19(2)26(30(31(34)35-6)37-32(3,4)5)28(23)24-11-12-25-27-21(14-16-36-25)13-15-33-29(24)27/h9-13,15,17-18,30H,14,16H2,1-6H3/t30-/m0/s1. The molecular weight excluding hydrogens is 462 g/mol. The lowest BCUT2D eigenvalue weighted by molar-refractivity contribution is -0.164. The van der Waals surface area contributed by atoms with Gasteiger partial charge in [-0.3, -0.25) is 4.98 Å². The molecule has 188 valence electrons. The minimum Gasteiger partial charge on any atom is -0.493 e. The molecule has 5 rings (SSSR count). The van der Waals surface area contributed by atoms with Gasteiger partial charge in [0.2, 0.25) is 0 Å². The zero-order valence-electron chi connectivity index (χ0n) is 22.2. The van der Waals surface area contributed by atoms with Crippen molar-refractivity contribution in [2.45, 2.75) is 52.7 Å². The molecule has 0 fully saturated rings. The van der Waals surface area contributed by atoms with Crippen molar-refractivity contribution >= 4 is 27.6 Å². The summed E-state index contributed by atoms with van der Waals surface area (Å²) in [5.41, 5.74) is 5.96. The highest BCUT2D eigenvalue weighted by Crippen LogP contribution is 2.45. The Morgan fingerprint density at radius 3 is 2.68 bits per heavy atom. The van der Waals surface area contributed by atoms with Crippen LogP contribution in [0.3, 0.4) is 0 Å². The van der Waals surface area contributed by atoms with Crippen LogP contribution in [0.2, 0.25) is 0 Å². The summed E-state index contributed by atoms with van der Waals surface area (Å²) in [5.74, 6) is 6.54. The monoisotopic (exact) mass is 493 g/mol. The number of nitrogens with zero attached hydrogens (tertiary/aromatic N) is 1. The van der Waals surface area contributed by atoms with E-state index in [1.807, 2.05) is 59.0 Å². The zero-order chi connectivity index (χ0) is 26.3. The van der Waals surface area contributed by atoms with Crippen LogP contribution in [0.15, 0.2) is 48.7 Å². The highest BCUT2D eigenvalue weighted by molar-refractivity contribution is 6.09. The van der Waals surface area contributed by atoms with Gasteiger partial charge in [0.25, 0.3) is 0 Å². The number of carbonyl (C=O) groups excluding carboxylic acids is 1. The fourth-order valence-electron chi connectivity index (χ4n) is 5.20. The van der Waals surface area contributed by atoms with Crippen LogP contribution >= 0.6 is 0 Å². The molecule has 0 unspecified atom stereocenters. The second kappa shape index (κ2) is 9.53. The summed E-state index contributed by atoms with van der Waals surface area (Å²) in [6, 6.07) is 14.4. The van der Waals surface area contributed by atoms with E-state index in [-0.39, 0.29) is 0 Å². The minimum atomic E-state index is -0.915. The van der Waals surface area contributed by atoms with E-state index in [0.717, 1.165) is 61.7 Å². The summed E-state index contributed by atoms with van der Waals surface area (Å²) in [5, 5.41) is 3.05. The van der Waals surface area contributed by atoms with Gasteiger partial charge in [-0.05, 0) is 92.4 Å². The normalized spacial score (nSPS) is 13.6. The number of aryl methyl sites for hydroxylation is 1. The maximum absolute atomic E-state index is 13.2. The van der Waals surface area contributed by atoms with Gasteiger partial charge in [0.1, 0.15) is 5.75 Å². The molecule has 3 aromatic carbocycles. The molecule has 4 aromatic rings. The highest BCUT2D eigenvalue weighted by Gasteiger charge is 2.33. The van der Waals surface area contributed by atoms with Crippen molar-refractivity contribution in [3.05, 3.63) is 70.9 Å². The number of aromatic nitrogens is 1. The molecule has 0 saturated carbocycles. The van der Waals surface area contributed by atoms with E-state index in [9.17, 15) is 4.79 Å². The second-order valence-electron chi connectivity index (χ2n) is 10.3. The summed E-state index contributed by atoms with van der Waals surface area (Å²) < 4.78 is 17.6. The third-order valence-corrected chi connectivity index (χ3v) is 6.64. The maximum Gasteiger partial charge on any atom is 0.339 e. The molecular formula is C32H31NO4. The number of carbonyl (C=O) groups is 1. The molecule has 0 aliphatic carbocycles. The lowest BCUT2D eigenvalue weighted by Crippen LogP contribution is -2.29. The molecule has 1 atom stereocenters. The quantitative estimate of drug-likeness (QED) is 0.234. The molecule has 1 aliphatic heterocycles. The van der Waals surface area contributed by atoms with Crippen molar-refractivity contribution in [3.63, 3.8) is 0 Å². The van der Waals surface area contributed by atoms with Crippen molar-refractivity contribution in [2.75, 3.05) is 13.7 Å². The van der Waals surface area contributed by atoms with Crippen LogP contribution in [0.5, 0.6) is 5.75 Å². The Labute approximate surface area is 217 Å². The third kappa shape index (κ3) is 4.54. The van der Waals surface area contributed by atoms with E-state index in [2.05, 4.69) is 36.1 Å². The van der Waals surface area contributed by atoms with Crippen LogP contribution in [0.25, 0.3) is 32.8 Å². The van der Waals surface area contributed by atoms with Gasteiger partial charge in [-0.1, -0.05) is 18.1 Å². The first-order valence-corrected chi connectivity index (χ1v) is 12.5. The van der Waals surface area contributed by atoms with Gasteiger partial charge < -0.3 is 14.2 Å². The lowest BCUT2D eigenvalue weighted by Gasteiger charge is -2.30. The van der Waals surface area contributed by atoms with Gasteiger partial charge in [-0.25, -0.2) is 4.79 Å². The molecule has 1 aliphatic rings. The molecule has 2 heterocycles. The van der Waals surface area contributed by atoms with Crippen molar-refractivity contribution in [1.29, 1.82) is 0 Å². The van der Waals surface area contributed by atoms with E-state index < -0.39 is 17.7 Å². The Bertz CT molecular complexity index is 1590. The first kappa shape index (κ1) is 24.8. The number of fused-ring (bicyclic) bond motifs is 1.